The Bertz CT molecular complexity index is 537. The molecule has 2 nitrogen and oxygen atoms in total. The second-order valence-corrected chi connectivity index (χ2v) is 4.08. The van der Waals surface area contributed by atoms with Crippen molar-refractivity contribution in [3.05, 3.63) is 53.8 Å². The number of nitrogens with zero attached hydrogens (tertiary/aromatic N) is 1. The summed E-state index contributed by atoms with van der Waals surface area (Å²) in [4.78, 5) is 1.90. The number of halogens is 1. The van der Waals surface area contributed by atoms with Crippen LogP contribution in [-0.2, 0) is 0 Å². The standard InChI is InChI=1S/C14H15FN2/c1-10-6-7-13(9-14(10)16)17(2)12-5-3-4-11(15)8-12/h3-9H,16H2,1-2H3. The van der Waals surface area contributed by atoms with Crippen LogP contribution in [0.15, 0.2) is 42.5 Å². The highest BCUT2D eigenvalue weighted by molar-refractivity contribution is 5.67. The smallest absolute Gasteiger partial charge is 0.125 e. The first-order valence-electron chi connectivity index (χ1n) is 5.43. The Morgan fingerprint density at radius 3 is 2.41 bits per heavy atom. The predicted octanol–water partition coefficient (Wildman–Crippen LogP) is 3.48. The average Bonchev–Trinajstić information content (AvgIpc) is 2.32. The normalized spacial score (nSPS) is 10.3. The van der Waals surface area contributed by atoms with E-state index >= 15 is 0 Å². The van der Waals surface area contributed by atoms with Gasteiger partial charge < -0.3 is 10.6 Å². The van der Waals surface area contributed by atoms with Gasteiger partial charge in [0.2, 0.25) is 0 Å². The summed E-state index contributed by atoms with van der Waals surface area (Å²) in [6.45, 7) is 1.96. The summed E-state index contributed by atoms with van der Waals surface area (Å²) in [5.41, 5.74) is 9.39. The van der Waals surface area contributed by atoms with Gasteiger partial charge in [0.05, 0.1) is 0 Å². The summed E-state index contributed by atoms with van der Waals surface area (Å²) in [5, 5.41) is 0. The van der Waals surface area contributed by atoms with E-state index in [2.05, 4.69) is 0 Å². The van der Waals surface area contributed by atoms with Gasteiger partial charge in [-0.3, -0.25) is 0 Å². The monoisotopic (exact) mass is 230 g/mol. The number of nitrogens with two attached hydrogens (primary N) is 1. The minimum absolute atomic E-state index is 0.241. The summed E-state index contributed by atoms with van der Waals surface area (Å²) in [5.74, 6) is -0.241. The van der Waals surface area contributed by atoms with Crippen LogP contribution in [0.4, 0.5) is 21.5 Å². The second kappa shape index (κ2) is 4.45. The minimum Gasteiger partial charge on any atom is -0.398 e. The van der Waals surface area contributed by atoms with Crippen LogP contribution in [0, 0.1) is 12.7 Å². The van der Waals surface area contributed by atoms with Crippen molar-refractivity contribution in [1.29, 1.82) is 0 Å². The van der Waals surface area contributed by atoms with Crippen LogP contribution >= 0.6 is 0 Å². The van der Waals surface area contributed by atoms with Crippen LogP contribution in [-0.4, -0.2) is 7.05 Å². The summed E-state index contributed by atoms with van der Waals surface area (Å²) < 4.78 is 13.1. The van der Waals surface area contributed by atoms with Gasteiger partial charge in [-0.1, -0.05) is 12.1 Å². The van der Waals surface area contributed by atoms with Gasteiger partial charge in [-0.25, -0.2) is 4.39 Å². The third-order valence-corrected chi connectivity index (χ3v) is 2.85. The molecule has 2 aromatic carbocycles. The van der Waals surface area contributed by atoms with Crippen molar-refractivity contribution in [2.75, 3.05) is 17.7 Å². The molecule has 0 atom stereocenters. The number of hydrogen-bond donors (Lipinski definition) is 1. The van der Waals surface area contributed by atoms with Crippen LogP contribution in [0.5, 0.6) is 0 Å². The minimum atomic E-state index is -0.241. The SMILES string of the molecule is Cc1ccc(N(C)c2cccc(F)c2)cc1N. The largest absolute Gasteiger partial charge is 0.398 e. The molecular formula is C14H15FN2. The molecule has 0 aromatic heterocycles. The lowest BCUT2D eigenvalue weighted by atomic mass is 10.1. The molecule has 2 aromatic rings. The zero-order chi connectivity index (χ0) is 12.4. The average molecular weight is 230 g/mol. The topological polar surface area (TPSA) is 29.3 Å². The highest BCUT2D eigenvalue weighted by Gasteiger charge is 2.05. The summed E-state index contributed by atoms with van der Waals surface area (Å²) in [6.07, 6.45) is 0. The predicted molar refractivity (Wildman–Crippen MR) is 70.1 cm³/mol. The van der Waals surface area contributed by atoms with E-state index in [9.17, 15) is 4.39 Å². The summed E-state index contributed by atoms with van der Waals surface area (Å²) in [7, 11) is 1.89. The lowest BCUT2D eigenvalue weighted by Crippen LogP contribution is -2.10. The highest BCUT2D eigenvalue weighted by atomic mass is 19.1. The fourth-order valence-corrected chi connectivity index (χ4v) is 1.67. The van der Waals surface area contributed by atoms with Crippen molar-refractivity contribution in [2.24, 2.45) is 0 Å². The van der Waals surface area contributed by atoms with E-state index in [0.29, 0.717) is 0 Å². The molecule has 0 amide bonds. The molecule has 2 rings (SSSR count). The maximum absolute atomic E-state index is 13.1. The van der Waals surface area contributed by atoms with E-state index in [1.54, 1.807) is 6.07 Å². The van der Waals surface area contributed by atoms with Gasteiger partial charge >= 0.3 is 0 Å². The summed E-state index contributed by atoms with van der Waals surface area (Å²) in [6, 6.07) is 12.3. The quantitative estimate of drug-likeness (QED) is 0.800. The summed E-state index contributed by atoms with van der Waals surface area (Å²) >= 11 is 0. The van der Waals surface area contributed by atoms with E-state index in [1.807, 2.05) is 43.1 Å². The molecule has 0 spiro atoms. The fourth-order valence-electron chi connectivity index (χ4n) is 1.67. The Kier molecular flexibility index (Phi) is 3.00. The van der Waals surface area contributed by atoms with Crippen LogP contribution in [0.25, 0.3) is 0 Å². The van der Waals surface area contributed by atoms with Gasteiger partial charge in [0.1, 0.15) is 5.82 Å². The molecule has 0 bridgehead atoms. The highest BCUT2D eigenvalue weighted by Crippen LogP contribution is 2.26. The molecule has 0 heterocycles. The number of benzene rings is 2. The molecule has 2 N–H and O–H groups in total. The van der Waals surface area contributed by atoms with Crippen molar-refractivity contribution in [1.82, 2.24) is 0 Å². The number of anilines is 3. The van der Waals surface area contributed by atoms with Gasteiger partial charge in [-0.15, -0.1) is 0 Å². The Morgan fingerprint density at radius 1 is 1.06 bits per heavy atom. The number of hydrogen-bond acceptors (Lipinski definition) is 2. The van der Waals surface area contributed by atoms with E-state index in [4.69, 9.17) is 5.73 Å². The molecule has 0 fully saturated rings. The van der Waals surface area contributed by atoms with Crippen molar-refractivity contribution >= 4 is 17.1 Å². The Labute approximate surface area is 100 Å². The van der Waals surface area contributed by atoms with Crippen LogP contribution < -0.4 is 10.6 Å². The van der Waals surface area contributed by atoms with E-state index in [1.165, 1.54) is 12.1 Å². The third-order valence-electron chi connectivity index (χ3n) is 2.85. The maximum atomic E-state index is 13.1. The Balaban J connectivity index is 2.36. The molecule has 0 unspecified atom stereocenters. The number of rotatable bonds is 2. The Morgan fingerprint density at radius 2 is 1.76 bits per heavy atom. The molecule has 88 valence electrons. The van der Waals surface area contributed by atoms with Crippen LogP contribution in [0.2, 0.25) is 0 Å². The zero-order valence-electron chi connectivity index (χ0n) is 9.94. The van der Waals surface area contributed by atoms with Gasteiger partial charge in [-0.05, 0) is 42.8 Å². The van der Waals surface area contributed by atoms with Gasteiger partial charge in [-0.2, -0.15) is 0 Å². The third kappa shape index (κ3) is 2.38. The molecule has 0 saturated heterocycles. The molecular weight excluding hydrogens is 215 g/mol. The first-order chi connectivity index (χ1) is 8.08. The van der Waals surface area contributed by atoms with Crippen molar-refractivity contribution in [2.45, 2.75) is 6.92 Å². The van der Waals surface area contributed by atoms with Crippen molar-refractivity contribution in [3.8, 4) is 0 Å². The first-order valence-corrected chi connectivity index (χ1v) is 5.43. The molecule has 17 heavy (non-hydrogen) atoms. The fraction of sp³-hybridized carbons (Fsp3) is 0.143. The molecule has 0 aliphatic carbocycles. The molecule has 0 saturated carbocycles. The Hall–Kier alpha value is -2.03. The van der Waals surface area contributed by atoms with E-state index in [-0.39, 0.29) is 5.82 Å². The van der Waals surface area contributed by atoms with Gasteiger partial charge in [0.25, 0.3) is 0 Å². The lowest BCUT2D eigenvalue weighted by molar-refractivity contribution is 0.628. The van der Waals surface area contributed by atoms with Crippen LogP contribution in [0.3, 0.4) is 0 Å². The molecule has 3 heteroatoms. The lowest BCUT2D eigenvalue weighted by Gasteiger charge is -2.20. The number of nitrogen functional groups attached to an aromatic ring is 1. The molecule has 0 aliphatic rings. The van der Waals surface area contributed by atoms with Crippen molar-refractivity contribution < 1.29 is 4.39 Å². The van der Waals surface area contributed by atoms with Gasteiger partial charge in [0, 0.05) is 24.1 Å². The first kappa shape index (κ1) is 11.5. The number of aryl methyl sites for hydroxylation is 1. The maximum Gasteiger partial charge on any atom is 0.125 e. The molecule has 0 aliphatic heterocycles. The van der Waals surface area contributed by atoms with Crippen LogP contribution in [0.1, 0.15) is 5.56 Å². The van der Waals surface area contributed by atoms with Gasteiger partial charge in [0.15, 0.2) is 0 Å². The molecule has 0 radical (unpaired) electrons. The van der Waals surface area contributed by atoms with Crippen molar-refractivity contribution in [3.63, 3.8) is 0 Å². The zero-order valence-corrected chi connectivity index (χ0v) is 9.94. The second-order valence-electron chi connectivity index (χ2n) is 4.08. The van der Waals surface area contributed by atoms with E-state index < -0.39 is 0 Å². The van der Waals surface area contributed by atoms with E-state index in [0.717, 1.165) is 22.6 Å².